The van der Waals surface area contributed by atoms with Crippen LogP contribution in [0.2, 0.25) is 0 Å². The van der Waals surface area contributed by atoms with Crippen molar-refractivity contribution in [1.82, 2.24) is 0 Å². The molecule has 5 atom stereocenters. The lowest BCUT2D eigenvalue weighted by atomic mass is 9.83. The van der Waals surface area contributed by atoms with Gasteiger partial charge in [0.1, 0.15) is 24.7 Å². The lowest BCUT2D eigenvalue weighted by Crippen LogP contribution is -2.57. The summed E-state index contributed by atoms with van der Waals surface area (Å²) in [6.07, 6.45) is 3.82. The van der Waals surface area contributed by atoms with Crippen molar-refractivity contribution in [2.24, 2.45) is 11.8 Å². The van der Waals surface area contributed by atoms with Crippen molar-refractivity contribution in [3.8, 4) is 0 Å². The van der Waals surface area contributed by atoms with E-state index in [4.69, 9.17) is 0 Å². The Kier molecular flexibility index (Phi) is 2.79. The average Bonchev–Trinajstić information content (AvgIpc) is 3.11. The number of quaternary nitrogens is 1. The zero-order valence-electron chi connectivity index (χ0n) is 13.9. The molecule has 3 aliphatic rings. The second-order valence-corrected chi connectivity index (χ2v) is 8.31. The summed E-state index contributed by atoms with van der Waals surface area (Å²) < 4.78 is 1.12. The van der Waals surface area contributed by atoms with Gasteiger partial charge in [-0.2, -0.15) is 0 Å². The van der Waals surface area contributed by atoms with Crippen molar-refractivity contribution >= 4 is 10.8 Å². The molecule has 1 aliphatic carbocycles. The topological polar surface area (TPSA) is 20.2 Å². The minimum atomic E-state index is -0.0970. The molecule has 2 aromatic carbocycles. The molecule has 5 rings (SSSR count). The molecule has 2 aromatic rings. The molecule has 0 spiro atoms. The quantitative estimate of drug-likeness (QED) is 0.838. The van der Waals surface area contributed by atoms with E-state index < -0.39 is 0 Å². The average molecular weight is 308 g/mol. The molecule has 1 N–H and O–H groups in total. The van der Waals surface area contributed by atoms with Gasteiger partial charge in [-0.3, -0.25) is 0 Å². The summed E-state index contributed by atoms with van der Waals surface area (Å²) in [6, 6.07) is 15.5. The lowest BCUT2D eigenvalue weighted by Gasteiger charge is -2.44. The van der Waals surface area contributed by atoms with Crippen LogP contribution in [0.3, 0.4) is 0 Å². The molecule has 0 aromatic heterocycles. The molecule has 2 heteroatoms. The number of rotatable bonds is 2. The van der Waals surface area contributed by atoms with E-state index in [1.165, 1.54) is 42.1 Å². The molecule has 2 nitrogen and oxygen atoms in total. The van der Waals surface area contributed by atoms with Crippen molar-refractivity contribution < 1.29 is 9.59 Å². The highest BCUT2D eigenvalue weighted by Gasteiger charge is 2.70. The number of nitrogens with zero attached hydrogens (tertiary/aromatic N) is 1. The predicted octanol–water partition coefficient (Wildman–Crippen LogP) is 3.72. The number of benzene rings is 2. The van der Waals surface area contributed by atoms with Gasteiger partial charge in [0.05, 0.1) is 6.54 Å². The van der Waals surface area contributed by atoms with E-state index in [-0.39, 0.29) is 6.10 Å². The van der Waals surface area contributed by atoms with Crippen LogP contribution >= 0.6 is 0 Å². The van der Waals surface area contributed by atoms with Crippen LogP contribution in [0.15, 0.2) is 42.5 Å². The van der Waals surface area contributed by atoms with Crippen molar-refractivity contribution in [2.45, 2.75) is 44.4 Å². The van der Waals surface area contributed by atoms with Crippen molar-refractivity contribution in [2.75, 3.05) is 13.1 Å². The molecule has 2 aliphatic heterocycles. The third-order valence-corrected chi connectivity index (χ3v) is 7.68. The van der Waals surface area contributed by atoms with Crippen molar-refractivity contribution in [1.29, 1.82) is 0 Å². The van der Waals surface area contributed by atoms with Gasteiger partial charge in [-0.1, -0.05) is 42.5 Å². The number of aliphatic hydroxyl groups is 1. The largest absolute Gasteiger partial charge is 0.387 e. The molecule has 0 radical (unpaired) electrons. The number of hydrogen-bond acceptors (Lipinski definition) is 1. The molecule has 2 heterocycles. The molecule has 0 bridgehead atoms. The summed E-state index contributed by atoms with van der Waals surface area (Å²) in [5.74, 6) is 1.34. The minimum Gasteiger partial charge on any atom is -0.387 e. The minimum absolute atomic E-state index is 0.0970. The molecule has 23 heavy (non-hydrogen) atoms. The van der Waals surface area contributed by atoms with Crippen LogP contribution < -0.4 is 0 Å². The Morgan fingerprint density at radius 3 is 2.83 bits per heavy atom. The van der Waals surface area contributed by atoms with Gasteiger partial charge in [0, 0.05) is 23.8 Å². The van der Waals surface area contributed by atoms with E-state index in [1.807, 2.05) is 0 Å². The van der Waals surface area contributed by atoms with Gasteiger partial charge < -0.3 is 9.59 Å². The van der Waals surface area contributed by atoms with E-state index in [2.05, 4.69) is 49.4 Å². The first-order valence-corrected chi connectivity index (χ1v) is 9.15. The van der Waals surface area contributed by atoms with Gasteiger partial charge in [-0.25, -0.2) is 0 Å². The molecule has 2 saturated heterocycles. The fourth-order valence-electron chi connectivity index (χ4n) is 6.51. The first kappa shape index (κ1) is 14.0. The van der Waals surface area contributed by atoms with Gasteiger partial charge in [0.25, 0.3) is 0 Å². The molecule has 120 valence electrons. The zero-order chi connectivity index (χ0) is 15.7. The normalized spacial score (nSPS) is 41.6. The number of aliphatic hydroxyl groups excluding tert-OH is 1. The van der Waals surface area contributed by atoms with E-state index in [1.54, 1.807) is 0 Å². The Morgan fingerprint density at radius 1 is 1.09 bits per heavy atom. The first-order valence-electron chi connectivity index (χ1n) is 9.15. The van der Waals surface area contributed by atoms with Crippen LogP contribution in [0.25, 0.3) is 10.8 Å². The number of hydrogen-bond donors (Lipinski definition) is 1. The lowest BCUT2D eigenvalue weighted by molar-refractivity contribution is -0.965. The third kappa shape index (κ3) is 1.66. The van der Waals surface area contributed by atoms with Gasteiger partial charge in [0.15, 0.2) is 0 Å². The second kappa shape index (κ2) is 4.58. The fraction of sp³-hybridized carbons (Fsp3) is 0.524. The van der Waals surface area contributed by atoms with Gasteiger partial charge in [-0.05, 0) is 30.5 Å². The second-order valence-electron chi connectivity index (χ2n) is 8.31. The van der Waals surface area contributed by atoms with Crippen LogP contribution in [0, 0.1) is 11.8 Å². The van der Waals surface area contributed by atoms with Crippen LogP contribution in [0.4, 0.5) is 0 Å². The van der Waals surface area contributed by atoms with Crippen LogP contribution in [0.5, 0.6) is 0 Å². The van der Waals surface area contributed by atoms with Crippen LogP contribution in [0.1, 0.15) is 31.7 Å². The highest BCUT2D eigenvalue weighted by atomic mass is 16.3. The molecular formula is C21H26NO+. The maximum absolute atomic E-state index is 10.7. The van der Waals surface area contributed by atoms with Gasteiger partial charge >= 0.3 is 0 Å². The van der Waals surface area contributed by atoms with E-state index in [0.717, 1.165) is 23.5 Å². The van der Waals surface area contributed by atoms with Gasteiger partial charge in [-0.15, -0.1) is 0 Å². The molecular weight excluding hydrogens is 282 g/mol. The van der Waals surface area contributed by atoms with Gasteiger partial charge in [0.2, 0.25) is 0 Å². The maximum atomic E-state index is 10.7. The Bertz CT molecular complexity index is 766. The monoisotopic (exact) mass is 308 g/mol. The Hall–Kier alpha value is -1.38. The summed E-state index contributed by atoms with van der Waals surface area (Å²) in [5, 5.41) is 13.5. The summed E-state index contributed by atoms with van der Waals surface area (Å²) >= 11 is 0. The van der Waals surface area contributed by atoms with E-state index >= 15 is 0 Å². The summed E-state index contributed by atoms with van der Waals surface area (Å²) in [7, 11) is 0. The standard InChI is InChI=1S/C21H26NO/c1-21-17-9-10-19(21)20(23)14-22(21,12-11-17)13-16-7-4-6-15-5-2-3-8-18(15)16/h2-8,17,19-20,23H,9-14H2,1H3/q+1/t17-,19+,20-,21+,22+/m0/s1. The molecule has 0 unspecified atom stereocenters. The van der Waals surface area contributed by atoms with Crippen LogP contribution in [-0.2, 0) is 6.54 Å². The Morgan fingerprint density at radius 2 is 1.91 bits per heavy atom. The smallest absolute Gasteiger partial charge is 0.112 e. The first-order chi connectivity index (χ1) is 11.1. The van der Waals surface area contributed by atoms with E-state index in [0.29, 0.717) is 11.5 Å². The third-order valence-electron chi connectivity index (χ3n) is 7.68. The Labute approximate surface area is 138 Å². The summed E-state index contributed by atoms with van der Waals surface area (Å²) in [4.78, 5) is 0. The highest BCUT2D eigenvalue weighted by Crippen LogP contribution is 2.60. The Balaban J connectivity index is 1.62. The maximum Gasteiger partial charge on any atom is 0.112 e. The molecule has 0 amide bonds. The van der Waals surface area contributed by atoms with Crippen molar-refractivity contribution in [3.63, 3.8) is 0 Å². The SMILES string of the molecule is C[C@@]12[C@H]3CC[C@@H]1[C@@H](O)C[N@+]2(Cc1cccc2ccccc12)CC3. The van der Waals surface area contributed by atoms with E-state index in [9.17, 15) is 5.11 Å². The highest BCUT2D eigenvalue weighted by molar-refractivity contribution is 5.85. The number of fused-ring (bicyclic) bond motifs is 1. The van der Waals surface area contributed by atoms with Crippen molar-refractivity contribution in [3.05, 3.63) is 48.0 Å². The molecule has 1 saturated carbocycles. The molecule has 3 fully saturated rings. The zero-order valence-corrected chi connectivity index (χ0v) is 13.9. The van der Waals surface area contributed by atoms with Crippen LogP contribution in [-0.4, -0.2) is 34.3 Å². The summed E-state index contributed by atoms with van der Waals surface area (Å²) in [6.45, 7) is 5.78. The predicted molar refractivity (Wildman–Crippen MR) is 92.9 cm³/mol. The fourth-order valence-corrected chi connectivity index (χ4v) is 6.51. The summed E-state index contributed by atoms with van der Waals surface area (Å²) in [5.41, 5.74) is 1.76.